The van der Waals surface area contributed by atoms with Gasteiger partial charge in [0.05, 0.1) is 0 Å². The lowest BCUT2D eigenvalue weighted by Crippen LogP contribution is -2.45. The highest BCUT2D eigenvalue weighted by atomic mass is 31.2. The van der Waals surface area contributed by atoms with Crippen LogP contribution < -0.4 is 0 Å². The maximum absolute atomic E-state index is 13.1. The fraction of sp³-hybridized carbons (Fsp3) is 0.500. The average Bonchev–Trinajstić information content (AvgIpc) is 2.49. The molecule has 0 rings (SSSR count). The third-order valence-corrected chi connectivity index (χ3v) is 5.03. The molecule has 0 fully saturated rings. The summed E-state index contributed by atoms with van der Waals surface area (Å²) in [6.45, 7) is 15.9. The molecule has 0 aromatic heterocycles. The van der Waals surface area contributed by atoms with Crippen LogP contribution in [0.3, 0.4) is 0 Å². The van der Waals surface area contributed by atoms with Crippen molar-refractivity contribution in [1.82, 2.24) is 0 Å². The molecule has 0 saturated heterocycles. The Balaban J connectivity index is 6.29. The van der Waals surface area contributed by atoms with Crippen molar-refractivity contribution in [2.45, 2.75) is 58.9 Å². The van der Waals surface area contributed by atoms with Crippen molar-refractivity contribution in [2.24, 2.45) is 0 Å². The van der Waals surface area contributed by atoms with Crippen molar-refractivity contribution in [1.29, 1.82) is 0 Å². The SMILES string of the molecule is C=C(C)C(=O)C(C)(O)OP(=O)(OC(C)(O)C(=O)C(=C)C)OC(C)(O)C(=O)C(=C)C. The minimum atomic E-state index is -5.40. The van der Waals surface area contributed by atoms with Crippen molar-refractivity contribution in [3.8, 4) is 0 Å². The Kier molecular flexibility index (Phi) is 8.38. The number of Topliss-reactive ketones (excluding diaryl/α,β-unsaturated/α-hetero) is 3. The zero-order chi connectivity index (χ0) is 23.6. The van der Waals surface area contributed by atoms with Gasteiger partial charge in [-0.25, -0.2) is 18.1 Å². The van der Waals surface area contributed by atoms with Crippen LogP contribution in [0.5, 0.6) is 0 Å². The highest BCUT2D eigenvalue weighted by Gasteiger charge is 2.52. The molecule has 0 saturated carbocycles. The Morgan fingerprint density at radius 1 is 0.655 bits per heavy atom. The predicted octanol–water partition coefficient (Wildman–Crippen LogP) is 1.71. The fourth-order valence-corrected chi connectivity index (χ4v) is 3.69. The second kappa shape index (κ2) is 8.93. The number of phosphoric acid groups is 1. The van der Waals surface area contributed by atoms with Crippen LogP contribution in [0, 0.1) is 0 Å². The van der Waals surface area contributed by atoms with Crippen LogP contribution in [-0.4, -0.2) is 50.0 Å². The number of hydrogen-bond donors (Lipinski definition) is 3. The zero-order valence-electron chi connectivity index (χ0n) is 17.3. The van der Waals surface area contributed by atoms with Crippen molar-refractivity contribution in [3.63, 3.8) is 0 Å². The average molecular weight is 434 g/mol. The Bertz CT molecular complexity index is 699. The lowest BCUT2D eigenvalue weighted by Gasteiger charge is -2.34. The fourth-order valence-electron chi connectivity index (χ4n) is 2.02. The van der Waals surface area contributed by atoms with Crippen LogP contribution in [0.25, 0.3) is 0 Å². The summed E-state index contributed by atoms with van der Waals surface area (Å²) in [5, 5.41) is 30.7. The highest BCUT2D eigenvalue weighted by molar-refractivity contribution is 7.48. The minimum absolute atomic E-state index is 0.212. The van der Waals surface area contributed by atoms with E-state index in [1.165, 1.54) is 20.8 Å². The summed E-state index contributed by atoms with van der Waals surface area (Å²) in [7, 11) is -5.40. The van der Waals surface area contributed by atoms with E-state index in [1.807, 2.05) is 0 Å². The Morgan fingerprint density at radius 3 is 0.966 bits per heavy atom. The van der Waals surface area contributed by atoms with Gasteiger partial charge in [0.2, 0.25) is 34.7 Å². The normalized spacial score (nSPS) is 19.6. The van der Waals surface area contributed by atoms with Gasteiger partial charge >= 0.3 is 7.82 Å². The van der Waals surface area contributed by atoms with Crippen LogP contribution in [0.2, 0.25) is 0 Å². The van der Waals surface area contributed by atoms with E-state index in [0.717, 1.165) is 20.8 Å². The molecule has 0 aromatic rings. The molecule has 29 heavy (non-hydrogen) atoms. The largest absolute Gasteiger partial charge is 0.483 e. The van der Waals surface area contributed by atoms with Crippen molar-refractivity contribution < 1.29 is 47.8 Å². The zero-order valence-corrected chi connectivity index (χ0v) is 18.2. The molecule has 0 amide bonds. The molecule has 3 atom stereocenters. The summed E-state index contributed by atoms with van der Waals surface area (Å²) in [6.07, 6.45) is 0. The molecule has 11 heteroatoms. The predicted molar refractivity (Wildman–Crippen MR) is 102 cm³/mol. The van der Waals surface area contributed by atoms with Gasteiger partial charge in [-0.05, 0) is 58.3 Å². The molecule has 3 N–H and O–H groups in total. The quantitative estimate of drug-likeness (QED) is 0.235. The molecule has 10 nitrogen and oxygen atoms in total. The highest BCUT2D eigenvalue weighted by Crippen LogP contribution is 2.57. The van der Waals surface area contributed by atoms with Gasteiger partial charge in [0, 0.05) is 0 Å². The molecule has 0 radical (unpaired) electrons. The number of aliphatic hydroxyl groups is 3. The Morgan fingerprint density at radius 2 is 0.828 bits per heavy atom. The van der Waals surface area contributed by atoms with E-state index >= 15 is 0 Å². The third-order valence-electron chi connectivity index (χ3n) is 3.30. The first-order valence-corrected chi connectivity index (χ1v) is 9.65. The number of phosphoric ester groups is 1. The van der Waals surface area contributed by atoms with E-state index in [4.69, 9.17) is 13.6 Å². The van der Waals surface area contributed by atoms with E-state index in [-0.39, 0.29) is 16.7 Å². The van der Waals surface area contributed by atoms with Gasteiger partial charge in [-0.1, -0.05) is 19.7 Å². The van der Waals surface area contributed by atoms with Gasteiger partial charge in [0.25, 0.3) is 0 Å². The van der Waals surface area contributed by atoms with Crippen molar-refractivity contribution >= 4 is 25.2 Å². The van der Waals surface area contributed by atoms with Gasteiger partial charge in [0.15, 0.2) is 0 Å². The third kappa shape index (κ3) is 7.20. The molecule has 0 bridgehead atoms. The summed E-state index contributed by atoms with van der Waals surface area (Å²) in [6, 6.07) is 0. The van der Waals surface area contributed by atoms with Crippen LogP contribution in [0.15, 0.2) is 36.5 Å². The smallest absolute Gasteiger partial charge is 0.359 e. The number of carbonyl (C=O) groups excluding carboxylic acids is 3. The second-order valence-electron chi connectivity index (χ2n) is 7.00. The molecule has 0 aliphatic heterocycles. The van der Waals surface area contributed by atoms with Crippen molar-refractivity contribution in [2.75, 3.05) is 0 Å². The van der Waals surface area contributed by atoms with Crippen LogP contribution >= 0.6 is 7.82 Å². The van der Waals surface area contributed by atoms with E-state index in [0.29, 0.717) is 0 Å². The first-order chi connectivity index (χ1) is 12.7. The summed E-state index contributed by atoms with van der Waals surface area (Å²) in [5.41, 5.74) is -0.636. The minimum Gasteiger partial charge on any atom is -0.359 e. The standard InChI is InChI=1S/C18H27O10P/c1-10(2)13(19)16(7,22)26-29(25,27-17(8,23)14(20)11(3)4)28-18(9,24)15(21)12(5)6/h22-24H,1,3,5H2,2,4,6-9H3. The Hall–Kier alpha value is -1.78. The summed E-state index contributed by atoms with van der Waals surface area (Å²) < 4.78 is 27.4. The number of ketones is 3. The van der Waals surface area contributed by atoms with Crippen LogP contribution in [0.1, 0.15) is 41.5 Å². The van der Waals surface area contributed by atoms with Gasteiger partial charge in [0.1, 0.15) is 0 Å². The van der Waals surface area contributed by atoms with Gasteiger partial charge < -0.3 is 15.3 Å². The topological polar surface area (TPSA) is 157 Å². The monoisotopic (exact) mass is 434 g/mol. The summed E-state index contributed by atoms with van der Waals surface area (Å²) in [4.78, 5) is 36.2. The molecular weight excluding hydrogens is 407 g/mol. The molecule has 0 aromatic carbocycles. The molecule has 0 aliphatic carbocycles. The summed E-state index contributed by atoms with van der Waals surface area (Å²) in [5.74, 6) is -12.1. The first kappa shape index (κ1) is 27.2. The molecule has 0 heterocycles. The van der Waals surface area contributed by atoms with E-state index in [2.05, 4.69) is 19.7 Å². The molecule has 164 valence electrons. The number of hydrogen-bond acceptors (Lipinski definition) is 10. The van der Waals surface area contributed by atoms with E-state index < -0.39 is 42.5 Å². The molecule has 0 spiro atoms. The molecule has 0 aliphatic rings. The lowest BCUT2D eigenvalue weighted by atomic mass is 10.1. The van der Waals surface area contributed by atoms with Gasteiger partial charge in [-0.2, -0.15) is 0 Å². The van der Waals surface area contributed by atoms with Crippen molar-refractivity contribution in [3.05, 3.63) is 36.5 Å². The van der Waals surface area contributed by atoms with Gasteiger partial charge in [-0.15, -0.1) is 0 Å². The van der Waals surface area contributed by atoms with Crippen LogP contribution in [-0.2, 0) is 32.5 Å². The maximum atomic E-state index is 13.1. The van der Waals surface area contributed by atoms with E-state index in [1.54, 1.807) is 0 Å². The second-order valence-corrected chi connectivity index (χ2v) is 8.44. The van der Waals surface area contributed by atoms with E-state index in [9.17, 15) is 34.3 Å². The molecular formula is C18H27O10P. The molecule has 3 unspecified atom stereocenters. The van der Waals surface area contributed by atoms with Gasteiger partial charge in [-0.3, -0.25) is 14.4 Å². The maximum Gasteiger partial charge on any atom is 0.483 e. The Labute approximate surface area is 169 Å². The lowest BCUT2D eigenvalue weighted by molar-refractivity contribution is -0.206. The van der Waals surface area contributed by atoms with Crippen LogP contribution in [0.4, 0.5) is 0 Å². The number of carbonyl (C=O) groups is 3. The number of rotatable bonds is 12. The summed E-state index contributed by atoms with van der Waals surface area (Å²) >= 11 is 0. The first-order valence-electron chi connectivity index (χ1n) is 8.19.